The number of likely N-dealkylation sites (N-methyl/N-ethyl adjacent to an activating group) is 1. The van der Waals surface area contributed by atoms with Crippen LogP contribution in [-0.4, -0.2) is 62.5 Å². The average Bonchev–Trinajstić information content (AvgIpc) is 3.21. The van der Waals surface area contributed by atoms with E-state index in [0.717, 1.165) is 38.3 Å². The van der Waals surface area contributed by atoms with E-state index in [9.17, 15) is 4.79 Å². The number of piperidine rings is 1. The maximum atomic E-state index is 13.0. The highest BCUT2D eigenvalue weighted by atomic mass is 16.5. The Morgan fingerprint density at radius 3 is 2.75 bits per heavy atom. The van der Waals surface area contributed by atoms with E-state index >= 15 is 0 Å². The molecule has 1 fully saturated rings. The Morgan fingerprint density at radius 1 is 1.29 bits per heavy atom. The van der Waals surface area contributed by atoms with Gasteiger partial charge in [-0.1, -0.05) is 6.07 Å². The maximum Gasteiger partial charge on any atom is 0.253 e. The third-order valence-electron chi connectivity index (χ3n) is 6.00. The number of likely N-dealkylation sites (tertiary alicyclic amines) is 1. The normalized spacial score (nSPS) is 21.4. The van der Waals surface area contributed by atoms with Gasteiger partial charge in [-0.25, -0.2) is 4.98 Å². The molecule has 1 saturated heterocycles. The molecule has 2 aliphatic heterocycles. The second-order valence-corrected chi connectivity index (χ2v) is 7.65. The summed E-state index contributed by atoms with van der Waals surface area (Å²) in [5, 5.41) is 0. The molecule has 2 aromatic heterocycles. The molecule has 0 bridgehead atoms. The minimum absolute atomic E-state index is 0.0847. The first kappa shape index (κ1) is 19.1. The van der Waals surface area contributed by atoms with Crippen molar-refractivity contribution in [3.05, 3.63) is 48.3 Å². The van der Waals surface area contributed by atoms with Crippen LogP contribution in [0.15, 0.2) is 36.9 Å². The van der Waals surface area contributed by atoms with Crippen LogP contribution in [0.25, 0.3) is 0 Å². The van der Waals surface area contributed by atoms with Gasteiger partial charge in [0, 0.05) is 57.5 Å². The van der Waals surface area contributed by atoms with E-state index in [4.69, 9.17) is 4.74 Å². The minimum atomic E-state index is -0.472. The van der Waals surface area contributed by atoms with Crippen molar-refractivity contribution >= 4 is 5.91 Å². The fraction of sp³-hybridized carbons (Fsp3) is 0.571. The number of carbonyl (C=O) groups excluding carboxylic acids is 1. The summed E-state index contributed by atoms with van der Waals surface area (Å²) in [7, 11) is 0. The van der Waals surface area contributed by atoms with Crippen LogP contribution in [0.3, 0.4) is 0 Å². The molecule has 1 spiro atoms. The van der Waals surface area contributed by atoms with Gasteiger partial charge in [0.15, 0.2) is 6.10 Å². The first-order chi connectivity index (χ1) is 13.6. The summed E-state index contributed by atoms with van der Waals surface area (Å²) in [4.78, 5) is 26.1. The zero-order chi connectivity index (χ0) is 19.6. The molecular formula is C21H29N5O2. The van der Waals surface area contributed by atoms with Gasteiger partial charge in [-0.05, 0) is 38.3 Å². The Kier molecular flexibility index (Phi) is 5.46. The quantitative estimate of drug-likeness (QED) is 0.791. The van der Waals surface area contributed by atoms with Crippen molar-refractivity contribution in [3.63, 3.8) is 0 Å². The van der Waals surface area contributed by atoms with Gasteiger partial charge in [-0.15, -0.1) is 0 Å². The molecule has 0 unspecified atom stereocenters. The molecule has 2 aliphatic rings. The van der Waals surface area contributed by atoms with Crippen LogP contribution in [0.2, 0.25) is 0 Å². The smallest absolute Gasteiger partial charge is 0.253 e. The van der Waals surface area contributed by atoms with Crippen LogP contribution in [-0.2, 0) is 28.2 Å². The van der Waals surface area contributed by atoms with Gasteiger partial charge >= 0.3 is 0 Å². The topological polar surface area (TPSA) is 63.5 Å². The first-order valence-electron chi connectivity index (χ1n) is 10.2. The summed E-state index contributed by atoms with van der Waals surface area (Å²) < 4.78 is 8.65. The van der Waals surface area contributed by atoms with E-state index < -0.39 is 11.7 Å². The van der Waals surface area contributed by atoms with Gasteiger partial charge in [0.25, 0.3) is 5.91 Å². The number of fused-ring (bicyclic) bond motifs is 2. The Bertz CT molecular complexity index is 794. The molecule has 28 heavy (non-hydrogen) atoms. The number of hydrogen-bond donors (Lipinski definition) is 0. The van der Waals surface area contributed by atoms with E-state index in [1.54, 1.807) is 6.20 Å². The van der Waals surface area contributed by atoms with Gasteiger partial charge in [0.1, 0.15) is 11.4 Å². The molecule has 0 radical (unpaired) electrons. The Labute approximate surface area is 166 Å². The fourth-order valence-corrected chi connectivity index (χ4v) is 4.43. The lowest BCUT2D eigenvalue weighted by Gasteiger charge is -2.46. The molecule has 1 amide bonds. The van der Waals surface area contributed by atoms with Gasteiger partial charge < -0.3 is 14.2 Å². The van der Waals surface area contributed by atoms with E-state index in [0.29, 0.717) is 19.6 Å². The van der Waals surface area contributed by atoms with Crippen molar-refractivity contribution in [1.82, 2.24) is 24.3 Å². The van der Waals surface area contributed by atoms with Crippen LogP contribution in [0, 0.1) is 0 Å². The highest BCUT2D eigenvalue weighted by molar-refractivity contribution is 5.81. The molecule has 0 aromatic carbocycles. The molecule has 7 nitrogen and oxygen atoms in total. The summed E-state index contributed by atoms with van der Waals surface area (Å²) in [6.07, 6.45) is 8.77. The third kappa shape index (κ3) is 3.56. The van der Waals surface area contributed by atoms with E-state index in [1.807, 2.05) is 43.4 Å². The fourth-order valence-electron chi connectivity index (χ4n) is 4.43. The molecule has 1 atom stereocenters. The monoisotopic (exact) mass is 383 g/mol. The number of pyridine rings is 1. The van der Waals surface area contributed by atoms with Crippen LogP contribution in [0.4, 0.5) is 0 Å². The van der Waals surface area contributed by atoms with Crippen molar-refractivity contribution in [3.8, 4) is 0 Å². The van der Waals surface area contributed by atoms with Gasteiger partial charge in [-0.2, -0.15) is 0 Å². The molecule has 7 heteroatoms. The highest BCUT2D eigenvalue weighted by Crippen LogP contribution is 2.40. The number of aromatic nitrogens is 3. The SMILES string of the molecule is CCN(CC)C(=O)[C@@H]1Cn2ccnc2C2(CCN(Cc3cccnc3)CC2)O1. The lowest BCUT2D eigenvalue weighted by atomic mass is 9.88. The number of hydrogen-bond acceptors (Lipinski definition) is 5. The zero-order valence-corrected chi connectivity index (χ0v) is 16.8. The van der Waals surface area contributed by atoms with Crippen molar-refractivity contribution in [2.45, 2.75) is 51.5 Å². The Morgan fingerprint density at radius 2 is 2.07 bits per heavy atom. The number of amides is 1. The number of nitrogens with zero attached hydrogens (tertiary/aromatic N) is 5. The number of carbonyl (C=O) groups is 1. The zero-order valence-electron chi connectivity index (χ0n) is 16.8. The predicted molar refractivity (Wildman–Crippen MR) is 105 cm³/mol. The van der Waals surface area contributed by atoms with Gasteiger partial charge in [-0.3, -0.25) is 14.7 Å². The standard InChI is InChI=1S/C21H29N5O2/c1-3-25(4-2)19(27)18-16-26-13-10-23-20(26)21(28-18)7-11-24(12-8-21)15-17-6-5-9-22-14-17/h5-6,9-10,13-14,18H,3-4,7-8,11-12,15-16H2,1-2H3/t18-/m0/s1. The molecule has 0 saturated carbocycles. The summed E-state index contributed by atoms with van der Waals surface area (Å²) in [5.74, 6) is 1.05. The lowest BCUT2D eigenvalue weighted by Crippen LogP contribution is -2.54. The van der Waals surface area contributed by atoms with Crippen molar-refractivity contribution in [2.24, 2.45) is 0 Å². The van der Waals surface area contributed by atoms with E-state index in [2.05, 4.69) is 25.5 Å². The Hall–Kier alpha value is -2.25. The third-order valence-corrected chi connectivity index (χ3v) is 6.00. The summed E-state index contributed by atoms with van der Waals surface area (Å²) in [5.41, 5.74) is 0.750. The lowest BCUT2D eigenvalue weighted by molar-refractivity contribution is -0.181. The minimum Gasteiger partial charge on any atom is -0.352 e. The van der Waals surface area contributed by atoms with Crippen LogP contribution in [0.5, 0.6) is 0 Å². The maximum absolute atomic E-state index is 13.0. The van der Waals surface area contributed by atoms with Crippen molar-refractivity contribution in [2.75, 3.05) is 26.2 Å². The molecule has 4 rings (SSSR count). The van der Waals surface area contributed by atoms with Crippen LogP contribution in [0.1, 0.15) is 38.1 Å². The summed E-state index contributed by atoms with van der Waals surface area (Å²) in [6, 6.07) is 4.09. The number of ether oxygens (including phenoxy) is 1. The molecule has 2 aromatic rings. The predicted octanol–water partition coefficient (Wildman–Crippen LogP) is 2.04. The Balaban J connectivity index is 1.50. The first-order valence-corrected chi connectivity index (χ1v) is 10.2. The average molecular weight is 383 g/mol. The van der Waals surface area contributed by atoms with Gasteiger partial charge in [0.2, 0.25) is 0 Å². The largest absolute Gasteiger partial charge is 0.352 e. The van der Waals surface area contributed by atoms with E-state index in [-0.39, 0.29) is 5.91 Å². The van der Waals surface area contributed by atoms with Crippen molar-refractivity contribution in [1.29, 1.82) is 0 Å². The number of imidazole rings is 1. The summed E-state index contributed by atoms with van der Waals surface area (Å²) in [6.45, 7) is 8.70. The van der Waals surface area contributed by atoms with Crippen LogP contribution >= 0.6 is 0 Å². The van der Waals surface area contributed by atoms with E-state index in [1.165, 1.54) is 5.56 Å². The second kappa shape index (κ2) is 8.01. The second-order valence-electron chi connectivity index (χ2n) is 7.65. The molecular weight excluding hydrogens is 354 g/mol. The molecule has 0 aliphatic carbocycles. The van der Waals surface area contributed by atoms with Crippen LogP contribution < -0.4 is 0 Å². The van der Waals surface area contributed by atoms with Crippen molar-refractivity contribution < 1.29 is 9.53 Å². The molecule has 150 valence electrons. The molecule has 0 N–H and O–H groups in total. The molecule has 4 heterocycles. The van der Waals surface area contributed by atoms with Gasteiger partial charge in [0.05, 0.1) is 6.54 Å². The number of rotatable bonds is 5. The highest BCUT2D eigenvalue weighted by Gasteiger charge is 2.47. The summed E-state index contributed by atoms with van der Waals surface area (Å²) >= 11 is 0.